The number of para-hydroxylation sites is 1. The molecule has 0 aromatic heterocycles. The number of nitrogens with one attached hydrogen (secondary N) is 1. The molecule has 154 valence electrons. The number of esters is 1. The van der Waals surface area contributed by atoms with Crippen LogP contribution in [0, 0.1) is 5.82 Å². The van der Waals surface area contributed by atoms with Gasteiger partial charge < -0.3 is 15.0 Å². The van der Waals surface area contributed by atoms with E-state index in [1.165, 1.54) is 35.9 Å². The molecule has 2 aromatic rings. The highest BCUT2D eigenvalue weighted by Crippen LogP contribution is 2.35. The Bertz CT molecular complexity index is 879. The molecule has 0 saturated carbocycles. The van der Waals surface area contributed by atoms with Crippen molar-refractivity contribution in [3.8, 4) is 0 Å². The molecular formula is C24H29FN2O2. The topological polar surface area (TPSA) is 41.6 Å². The molecule has 1 aliphatic heterocycles. The molecule has 0 fully saturated rings. The Morgan fingerprint density at radius 3 is 2.90 bits per heavy atom. The number of carbonyl (C=O) groups is 1. The van der Waals surface area contributed by atoms with Crippen LogP contribution in [0.25, 0.3) is 6.08 Å². The van der Waals surface area contributed by atoms with Gasteiger partial charge in [0, 0.05) is 31.3 Å². The second-order valence-corrected chi connectivity index (χ2v) is 7.20. The lowest BCUT2D eigenvalue weighted by atomic mass is 10.00. The van der Waals surface area contributed by atoms with Crippen LogP contribution in [0.15, 0.2) is 42.5 Å². The maximum atomic E-state index is 14.4. The Morgan fingerprint density at radius 1 is 1.28 bits per heavy atom. The lowest BCUT2D eigenvalue weighted by Gasteiger charge is -2.33. The number of halogens is 1. The summed E-state index contributed by atoms with van der Waals surface area (Å²) in [6.45, 7) is 6.90. The second kappa shape index (κ2) is 10.1. The first-order valence-corrected chi connectivity index (χ1v) is 10.4. The molecule has 0 bridgehead atoms. The van der Waals surface area contributed by atoms with Crippen LogP contribution in [0.5, 0.6) is 0 Å². The Kier molecular flexibility index (Phi) is 7.28. The van der Waals surface area contributed by atoms with E-state index in [1.54, 1.807) is 13.0 Å². The summed E-state index contributed by atoms with van der Waals surface area (Å²) < 4.78 is 19.2. The van der Waals surface area contributed by atoms with Gasteiger partial charge in [-0.2, -0.15) is 0 Å². The van der Waals surface area contributed by atoms with Crippen LogP contribution in [0.2, 0.25) is 0 Å². The van der Waals surface area contributed by atoms with Gasteiger partial charge in [-0.3, -0.25) is 0 Å². The van der Waals surface area contributed by atoms with Gasteiger partial charge in [-0.05, 0) is 55.5 Å². The Labute approximate surface area is 172 Å². The van der Waals surface area contributed by atoms with Crippen molar-refractivity contribution in [2.75, 3.05) is 29.9 Å². The molecule has 0 radical (unpaired) electrons. The minimum Gasteiger partial charge on any atom is -0.463 e. The molecule has 0 amide bonds. The van der Waals surface area contributed by atoms with Gasteiger partial charge in [-0.25, -0.2) is 9.18 Å². The van der Waals surface area contributed by atoms with Gasteiger partial charge >= 0.3 is 5.97 Å². The Hall–Kier alpha value is -2.82. The van der Waals surface area contributed by atoms with Crippen LogP contribution in [-0.2, 0) is 22.5 Å². The van der Waals surface area contributed by atoms with Crippen LogP contribution in [0.1, 0.15) is 43.4 Å². The zero-order valence-corrected chi connectivity index (χ0v) is 17.2. The van der Waals surface area contributed by atoms with E-state index in [4.69, 9.17) is 4.74 Å². The monoisotopic (exact) mass is 396 g/mol. The van der Waals surface area contributed by atoms with Crippen LogP contribution in [-0.4, -0.2) is 25.7 Å². The SMILES string of the molecule is CCCN1CCCc2cccc(NCc3ccc(/C=C/C(=O)OCC)c(F)c3)c21. The van der Waals surface area contributed by atoms with E-state index in [2.05, 4.69) is 35.3 Å². The highest BCUT2D eigenvalue weighted by molar-refractivity contribution is 5.87. The average molecular weight is 397 g/mol. The van der Waals surface area contributed by atoms with E-state index in [0.717, 1.165) is 37.2 Å². The van der Waals surface area contributed by atoms with Crippen LogP contribution in [0.4, 0.5) is 15.8 Å². The minimum absolute atomic E-state index is 0.301. The van der Waals surface area contributed by atoms with Gasteiger partial charge in [0.25, 0.3) is 0 Å². The van der Waals surface area contributed by atoms with Crippen LogP contribution < -0.4 is 10.2 Å². The Balaban J connectivity index is 1.71. The number of benzene rings is 2. The van der Waals surface area contributed by atoms with Gasteiger partial charge in [-0.1, -0.05) is 31.2 Å². The second-order valence-electron chi connectivity index (χ2n) is 7.20. The number of hydrogen-bond acceptors (Lipinski definition) is 4. The molecule has 4 nitrogen and oxygen atoms in total. The highest BCUT2D eigenvalue weighted by Gasteiger charge is 2.19. The molecule has 0 saturated heterocycles. The molecule has 5 heteroatoms. The van der Waals surface area contributed by atoms with Crippen molar-refractivity contribution in [2.24, 2.45) is 0 Å². The molecule has 0 spiro atoms. The standard InChI is InChI=1S/C24H29FN2O2/c1-3-14-27-15-6-8-20-7-5-9-22(24(20)27)26-17-18-10-11-19(21(25)16-18)12-13-23(28)29-4-2/h5,7,9-13,16,26H,3-4,6,8,14-15,17H2,1-2H3/b13-12+. The zero-order chi connectivity index (χ0) is 20.6. The van der Waals surface area contributed by atoms with Gasteiger partial charge in [0.05, 0.1) is 18.0 Å². The maximum absolute atomic E-state index is 14.4. The van der Waals surface area contributed by atoms with Crippen LogP contribution in [0.3, 0.4) is 0 Å². The summed E-state index contributed by atoms with van der Waals surface area (Å²) in [5.74, 6) is -0.823. The summed E-state index contributed by atoms with van der Waals surface area (Å²) in [6, 6.07) is 11.5. The predicted molar refractivity (Wildman–Crippen MR) is 117 cm³/mol. The molecule has 1 heterocycles. The summed E-state index contributed by atoms with van der Waals surface area (Å²) >= 11 is 0. The Morgan fingerprint density at radius 2 is 2.14 bits per heavy atom. The lowest BCUT2D eigenvalue weighted by Crippen LogP contribution is -2.30. The number of aryl methyl sites for hydroxylation is 1. The van der Waals surface area contributed by atoms with Crippen molar-refractivity contribution < 1.29 is 13.9 Å². The first kappa shape index (κ1) is 20.9. The van der Waals surface area contributed by atoms with E-state index in [-0.39, 0.29) is 5.82 Å². The van der Waals surface area contributed by atoms with E-state index < -0.39 is 5.97 Å². The molecule has 0 atom stereocenters. The fourth-order valence-electron chi connectivity index (χ4n) is 3.74. The fourth-order valence-corrected chi connectivity index (χ4v) is 3.74. The number of carbonyl (C=O) groups excluding carboxylic acids is 1. The van der Waals surface area contributed by atoms with Crippen molar-refractivity contribution in [3.63, 3.8) is 0 Å². The molecule has 3 rings (SSSR count). The highest BCUT2D eigenvalue weighted by atomic mass is 19.1. The van der Waals surface area contributed by atoms with E-state index in [0.29, 0.717) is 18.7 Å². The third-order valence-electron chi connectivity index (χ3n) is 5.04. The number of nitrogens with zero attached hydrogens (tertiary/aromatic N) is 1. The van der Waals surface area contributed by atoms with Crippen molar-refractivity contribution in [1.29, 1.82) is 0 Å². The third kappa shape index (κ3) is 5.37. The molecular weight excluding hydrogens is 367 g/mol. The van der Waals surface area contributed by atoms with Gasteiger partial charge in [0.2, 0.25) is 0 Å². The average Bonchev–Trinajstić information content (AvgIpc) is 2.72. The number of anilines is 2. The molecule has 1 N–H and O–H groups in total. The molecule has 0 unspecified atom stereocenters. The summed E-state index contributed by atoms with van der Waals surface area (Å²) in [4.78, 5) is 13.8. The van der Waals surface area contributed by atoms with Crippen LogP contribution >= 0.6 is 0 Å². The number of rotatable bonds is 8. The van der Waals surface area contributed by atoms with E-state index in [9.17, 15) is 9.18 Å². The fraction of sp³-hybridized carbons (Fsp3) is 0.375. The van der Waals surface area contributed by atoms with Gasteiger partial charge in [-0.15, -0.1) is 0 Å². The van der Waals surface area contributed by atoms with E-state index >= 15 is 0 Å². The smallest absolute Gasteiger partial charge is 0.330 e. The largest absolute Gasteiger partial charge is 0.463 e. The number of fused-ring (bicyclic) bond motifs is 1. The summed E-state index contributed by atoms with van der Waals surface area (Å²) in [5.41, 5.74) is 4.98. The first-order chi connectivity index (χ1) is 14.1. The summed E-state index contributed by atoms with van der Waals surface area (Å²) in [6.07, 6.45) is 6.09. The van der Waals surface area contributed by atoms with Crippen molar-refractivity contribution in [2.45, 2.75) is 39.7 Å². The maximum Gasteiger partial charge on any atom is 0.330 e. The molecule has 29 heavy (non-hydrogen) atoms. The molecule has 2 aromatic carbocycles. The number of ether oxygens (including phenoxy) is 1. The zero-order valence-electron chi connectivity index (χ0n) is 17.2. The van der Waals surface area contributed by atoms with Crippen molar-refractivity contribution >= 4 is 23.4 Å². The van der Waals surface area contributed by atoms with Gasteiger partial charge in [0.15, 0.2) is 0 Å². The quantitative estimate of drug-likeness (QED) is 0.493. The minimum atomic E-state index is -0.469. The first-order valence-electron chi connectivity index (χ1n) is 10.4. The number of hydrogen-bond donors (Lipinski definition) is 1. The van der Waals surface area contributed by atoms with Crippen molar-refractivity contribution in [3.05, 3.63) is 65.0 Å². The summed E-state index contributed by atoms with van der Waals surface area (Å²) in [5, 5.41) is 3.49. The van der Waals surface area contributed by atoms with Gasteiger partial charge in [0.1, 0.15) is 5.82 Å². The lowest BCUT2D eigenvalue weighted by molar-refractivity contribution is -0.137. The summed E-state index contributed by atoms with van der Waals surface area (Å²) in [7, 11) is 0. The predicted octanol–water partition coefficient (Wildman–Crippen LogP) is 5.18. The van der Waals surface area contributed by atoms with Crippen molar-refractivity contribution in [1.82, 2.24) is 0 Å². The normalized spacial score (nSPS) is 13.4. The van der Waals surface area contributed by atoms with E-state index in [1.807, 2.05) is 6.07 Å². The molecule has 1 aliphatic rings. The molecule has 0 aliphatic carbocycles. The third-order valence-corrected chi connectivity index (χ3v) is 5.04.